The molecule has 0 saturated carbocycles. The van der Waals surface area contributed by atoms with Crippen molar-refractivity contribution in [2.45, 2.75) is 19.8 Å². The second kappa shape index (κ2) is 6.03. The highest BCUT2D eigenvalue weighted by Crippen LogP contribution is 2.22. The molecule has 1 aromatic rings. The van der Waals surface area contributed by atoms with E-state index < -0.39 is 0 Å². The maximum atomic E-state index is 12.3. The molecule has 1 amide bonds. The molecule has 0 aromatic carbocycles. The van der Waals surface area contributed by atoms with Crippen molar-refractivity contribution in [3.05, 3.63) is 21.9 Å². The summed E-state index contributed by atoms with van der Waals surface area (Å²) < 4.78 is 0. The minimum atomic E-state index is 0.142. The molecular weight excluding hydrogens is 244 g/mol. The maximum absolute atomic E-state index is 12.3. The molecule has 1 unspecified atom stereocenters. The highest BCUT2D eigenvalue weighted by Gasteiger charge is 2.26. The topological polar surface area (TPSA) is 46.3 Å². The third-order valence-electron chi connectivity index (χ3n) is 3.31. The van der Waals surface area contributed by atoms with E-state index in [4.69, 9.17) is 5.73 Å². The molecule has 1 atom stereocenters. The summed E-state index contributed by atoms with van der Waals surface area (Å²) >= 11 is 1.51. The van der Waals surface area contributed by atoms with Crippen molar-refractivity contribution in [2.24, 2.45) is 11.7 Å². The van der Waals surface area contributed by atoms with Crippen LogP contribution >= 0.6 is 11.3 Å². The number of likely N-dealkylation sites (tertiary alicyclic amines) is 1. The number of rotatable bonds is 2. The Balaban J connectivity index is 2.03. The fourth-order valence-corrected chi connectivity index (χ4v) is 2.93. The molecule has 0 spiro atoms. The van der Waals surface area contributed by atoms with Gasteiger partial charge >= 0.3 is 0 Å². The third kappa shape index (κ3) is 2.92. The SMILES string of the molecule is CCC1CCN(C(=O)c2csc(C#CCN)c2)C1. The van der Waals surface area contributed by atoms with Crippen LogP contribution in [0.5, 0.6) is 0 Å². The summed E-state index contributed by atoms with van der Waals surface area (Å²) in [5.74, 6) is 6.58. The average molecular weight is 262 g/mol. The lowest BCUT2D eigenvalue weighted by Gasteiger charge is -2.15. The molecule has 1 saturated heterocycles. The Kier molecular flexibility index (Phi) is 4.40. The van der Waals surface area contributed by atoms with Crippen LogP contribution in [0, 0.1) is 17.8 Å². The van der Waals surface area contributed by atoms with E-state index in [9.17, 15) is 4.79 Å². The number of nitrogens with zero attached hydrogens (tertiary/aromatic N) is 1. The van der Waals surface area contributed by atoms with Gasteiger partial charge in [-0.2, -0.15) is 0 Å². The van der Waals surface area contributed by atoms with Crippen LogP contribution < -0.4 is 5.73 Å². The van der Waals surface area contributed by atoms with Crippen molar-refractivity contribution in [1.29, 1.82) is 0 Å². The first kappa shape index (κ1) is 13.1. The maximum Gasteiger partial charge on any atom is 0.254 e. The molecule has 3 nitrogen and oxygen atoms in total. The molecule has 2 rings (SSSR count). The van der Waals surface area contributed by atoms with Gasteiger partial charge in [0, 0.05) is 18.5 Å². The Morgan fingerprint density at radius 1 is 1.67 bits per heavy atom. The zero-order chi connectivity index (χ0) is 13.0. The molecule has 2 heterocycles. The number of carbonyl (C=O) groups excluding carboxylic acids is 1. The number of hydrogen-bond acceptors (Lipinski definition) is 3. The van der Waals surface area contributed by atoms with E-state index >= 15 is 0 Å². The molecule has 1 aliphatic rings. The largest absolute Gasteiger partial charge is 0.338 e. The van der Waals surface area contributed by atoms with Gasteiger partial charge in [0.2, 0.25) is 0 Å². The van der Waals surface area contributed by atoms with Crippen LogP contribution in [-0.2, 0) is 0 Å². The monoisotopic (exact) mass is 262 g/mol. The summed E-state index contributed by atoms with van der Waals surface area (Å²) in [7, 11) is 0. The van der Waals surface area contributed by atoms with Gasteiger partial charge in [-0.1, -0.05) is 25.2 Å². The van der Waals surface area contributed by atoms with Crippen molar-refractivity contribution >= 4 is 17.2 Å². The molecular formula is C14H18N2OS. The van der Waals surface area contributed by atoms with Crippen LogP contribution in [0.15, 0.2) is 11.4 Å². The molecule has 4 heteroatoms. The van der Waals surface area contributed by atoms with E-state index in [1.54, 1.807) is 0 Å². The molecule has 1 fully saturated rings. The van der Waals surface area contributed by atoms with Crippen LogP contribution in [0.25, 0.3) is 0 Å². The fourth-order valence-electron chi connectivity index (χ4n) is 2.18. The van der Waals surface area contributed by atoms with Crippen LogP contribution in [0.1, 0.15) is 35.0 Å². The van der Waals surface area contributed by atoms with Gasteiger partial charge in [0.1, 0.15) is 0 Å². The van der Waals surface area contributed by atoms with Crippen molar-refractivity contribution in [1.82, 2.24) is 4.90 Å². The van der Waals surface area contributed by atoms with Gasteiger partial charge in [-0.05, 0) is 18.4 Å². The van der Waals surface area contributed by atoms with Gasteiger partial charge in [-0.3, -0.25) is 4.79 Å². The van der Waals surface area contributed by atoms with Gasteiger partial charge in [-0.25, -0.2) is 0 Å². The highest BCUT2D eigenvalue weighted by molar-refractivity contribution is 7.10. The van der Waals surface area contributed by atoms with Crippen LogP contribution in [0.2, 0.25) is 0 Å². The second-order valence-electron chi connectivity index (χ2n) is 4.52. The number of nitrogens with two attached hydrogens (primary N) is 1. The Bertz CT molecular complexity index is 483. The summed E-state index contributed by atoms with van der Waals surface area (Å²) in [6, 6.07) is 1.87. The van der Waals surface area contributed by atoms with Gasteiger partial charge in [0.25, 0.3) is 5.91 Å². The molecule has 2 N–H and O–H groups in total. The lowest BCUT2D eigenvalue weighted by atomic mass is 10.1. The van der Waals surface area contributed by atoms with E-state index in [1.165, 1.54) is 11.3 Å². The Labute approximate surface area is 112 Å². The number of amides is 1. The number of carbonyl (C=O) groups is 1. The highest BCUT2D eigenvalue weighted by atomic mass is 32.1. The summed E-state index contributed by atoms with van der Waals surface area (Å²) in [4.78, 5) is 15.1. The van der Waals surface area contributed by atoms with Gasteiger partial charge < -0.3 is 10.6 Å². The molecule has 0 bridgehead atoms. The quantitative estimate of drug-likeness (QED) is 0.828. The van der Waals surface area contributed by atoms with Gasteiger partial charge in [0.05, 0.1) is 17.0 Å². The van der Waals surface area contributed by atoms with Crippen molar-refractivity contribution < 1.29 is 4.79 Å². The summed E-state index contributed by atoms with van der Waals surface area (Å²) in [6.07, 6.45) is 2.28. The van der Waals surface area contributed by atoms with Crippen molar-refractivity contribution in [3.8, 4) is 11.8 Å². The Morgan fingerprint density at radius 3 is 3.17 bits per heavy atom. The van der Waals surface area contributed by atoms with E-state index in [2.05, 4.69) is 18.8 Å². The second-order valence-corrected chi connectivity index (χ2v) is 5.43. The van der Waals surface area contributed by atoms with Gasteiger partial charge in [-0.15, -0.1) is 11.3 Å². The first-order chi connectivity index (χ1) is 8.74. The Morgan fingerprint density at radius 2 is 2.50 bits per heavy atom. The normalized spacial score (nSPS) is 18.6. The predicted octanol–water partition coefficient (Wildman–Crippen LogP) is 1.93. The lowest BCUT2D eigenvalue weighted by Crippen LogP contribution is -2.28. The van der Waals surface area contributed by atoms with E-state index in [0.717, 1.165) is 36.4 Å². The van der Waals surface area contributed by atoms with Crippen LogP contribution in [0.3, 0.4) is 0 Å². The predicted molar refractivity (Wildman–Crippen MR) is 74.6 cm³/mol. The minimum absolute atomic E-state index is 0.142. The smallest absolute Gasteiger partial charge is 0.254 e. The lowest BCUT2D eigenvalue weighted by molar-refractivity contribution is 0.0787. The van der Waals surface area contributed by atoms with Crippen LogP contribution in [0.4, 0.5) is 0 Å². The third-order valence-corrected chi connectivity index (χ3v) is 4.16. The fraction of sp³-hybridized carbons (Fsp3) is 0.500. The average Bonchev–Trinajstić information content (AvgIpc) is 3.04. The van der Waals surface area contributed by atoms with Gasteiger partial charge in [0.15, 0.2) is 0 Å². The summed E-state index contributed by atoms with van der Waals surface area (Å²) in [5.41, 5.74) is 6.09. The molecule has 1 aromatic heterocycles. The molecule has 0 aliphatic carbocycles. The summed E-state index contributed by atoms with van der Waals surface area (Å²) in [5, 5.41) is 1.89. The van der Waals surface area contributed by atoms with E-state index in [-0.39, 0.29) is 5.91 Å². The van der Waals surface area contributed by atoms with E-state index in [0.29, 0.717) is 12.5 Å². The zero-order valence-corrected chi connectivity index (χ0v) is 11.4. The molecule has 0 radical (unpaired) electrons. The minimum Gasteiger partial charge on any atom is -0.338 e. The molecule has 96 valence electrons. The zero-order valence-electron chi connectivity index (χ0n) is 10.6. The standard InChI is InChI=1S/C14H18N2OS/c1-2-11-5-7-16(9-11)14(17)12-8-13(18-10-12)4-3-6-15/h8,10-11H,2,5-7,9,15H2,1H3. The summed E-state index contributed by atoms with van der Waals surface area (Å²) in [6.45, 7) is 4.32. The molecule has 18 heavy (non-hydrogen) atoms. The Hall–Kier alpha value is -1.31. The molecule has 1 aliphatic heterocycles. The van der Waals surface area contributed by atoms with E-state index in [1.807, 2.05) is 16.3 Å². The van der Waals surface area contributed by atoms with Crippen molar-refractivity contribution in [2.75, 3.05) is 19.6 Å². The number of hydrogen-bond donors (Lipinski definition) is 1. The number of thiophene rings is 1. The first-order valence-electron chi connectivity index (χ1n) is 6.31. The van der Waals surface area contributed by atoms with Crippen molar-refractivity contribution in [3.63, 3.8) is 0 Å². The first-order valence-corrected chi connectivity index (χ1v) is 7.19. The van der Waals surface area contributed by atoms with Crippen LogP contribution in [-0.4, -0.2) is 30.4 Å².